The molecule has 5 rings (SSSR count). The molecule has 1 heterocycles. The predicted octanol–water partition coefficient (Wildman–Crippen LogP) is 6.70. The van der Waals surface area contributed by atoms with Crippen LogP contribution < -0.4 is 4.74 Å². The number of amides is 1. The normalized spacial score (nSPS) is 26.2. The highest BCUT2D eigenvalue weighted by Gasteiger charge is 2.65. The SMILES string of the molecule is C=CCOC12Oc3ccc(O)cc3C3C(CCCCO)C(CCCCO)C=C(C(=NOCc4ccccc4)CC1N(CCC)C(=O)OC)C32. The van der Waals surface area contributed by atoms with Crippen LogP contribution in [-0.2, 0) is 20.9 Å². The molecule has 10 heteroatoms. The molecule has 0 spiro atoms. The lowest BCUT2D eigenvalue weighted by atomic mass is 9.55. The second-order valence-corrected chi connectivity index (χ2v) is 13.2. The van der Waals surface area contributed by atoms with E-state index in [9.17, 15) is 20.1 Å². The maximum absolute atomic E-state index is 13.6. The number of fused-ring (bicyclic) bond motifs is 2. The summed E-state index contributed by atoms with van der Waals surface area (Å²) in [5.41, 5.74) is 3.52. The molecule has 0 bridgehead atoms. The van der Waals surface area contributed by atoms with E-state index in [1.54, 1.807) is 29.2 Å². The van der Waals surface area contributed by atoms with E-state index in [4.69, 9.17) is 24.2 Å². The van der Waals surface area contributed by atoms with E-state index in [1.807, 2.05) is 37.3 Å². The van der Waals surface area contributed by atoms with Crippen LogP contribution in [0.3, 0.4) is 0 Å². The molecule has 3 N–H and O–H groups in total. The number of carbonyl (C=O) groups is 1. The van der Waals surface area contributed by atoms with Crippen LogP contribution in [0.2, 0.25) is 0 Å². The largest absolute Gasteiger partial charge is 0.508 e. The van der Waals surface area contributed by atoms with Crippen LogP contribution in [-0.4, -0.2) is 77.3 Å². The van der Waals surface area contributed by atoms with Crippen molar-refractivity contribution < 1.29 is 39.2 Å². The second-order valence-electron chi connectivity index (χ2n) is 13.2. The number of methoxy groups -OCH3 is 1. The van der Waals surface area contributed by atoms with Crippen LogP contribution in [0.5, 0.6) is 11.5 Å². The highest BCUT2D eigenvalue weighted by atomic mass is 16.7. The number of aromatic hydroxyl groups is 1. The Morgan fingerprint density at radius 3 is 2.55 bits per heavy atom. The maximum atomic E-state index is 13.6. The number of aliphatic hydroxyl groups is 2. The van der Waals surface area contributed by atoms with Gasteiger partial charge in [-0.1, -0.05) is 67.4 Å². The van der Waals surface area contributed by atoms with Gasteiger partial charge in [0.1, 0.15) is 24.1 Å². The second kappa shape index (κ2) is 17.2. The van der Waals surface area contributed by atoms with Gasteiger partial charge in [0.25, 0.3) is 0 Å². The highest BCUT2D eigenvalue weighted by Crippen LogP contribution is 2.61. The first-order valence-electron chi connectivity index (χ1n) is 17.7. The van der Waals surface area contributed by atoms with Crippen LogP contribution in [0, 0.1) is 17.8 Å². The van der Waals surface area contributed by atoms with Crippen LogP contribution in [0.4, 0.5) is 4.79 Å². The summed E-state index contributed by atoms with van der Waals surface area (Å²) < 4.78 is 19.2. The first-order chi connectivity index (χ1) is 23.9. The van der Waals surface area contributed by atoms with E-state index < -0.39 is 23.8 Å². The third kappa shape index (κ3) is 7.82. The molecule has 0 radical (unpaired) electrons. The Morgan fingerprint density at radius 2 is 1.86 bits per heavy atom. The van der Waals surface area contributed by atoms with Gasteiger partial charge in [0.05, 0.1) is 25.3 Å². The lowest BCUT2D eigenvalue weighted by molar-refractivity contribution is -0.255. The number of phenolic OH excluding ortho intramolecular Hbond substituents is 1. The Balaban J connectivity index is 1.74. The molecule has 3 aliphatic rings. The fourth-order valence-corrected chi connectivity index (χ4v) is 8.15. The minimum Gasteiger partial charge on any atom is -0.508 e. The Bertz CT molecular complexity index is 1460. The molecule has 1 aliphatic heterocycles. The molecular formula is C39H52N2O8. The van der Waals surface area contributed by atoms with Crippen molar-refractivity contribution in [2.24, 2.45) is 22.9 Å². The number of allylic oxidation sites excluding steroid dienone is 1. The van der Waals surface area contributed by atoms with Crippen LogP contribution in [0.25, 0.3) is 0 Å². The van der Waals surface area contributed by atoms with Gasteiger partial charge in [0, 0.05) is 37.7 Å². The molecule has 6 unspecified atom stereocenters. The molecule has 49 heavy (non-hydrogen) atoms. The minimum atomic E-state index is -1.35. The standard InChI is InChI=1S/C39H52N2O8/c1-4-19-41(38(45)46-3)35-25-33(40-48-26-27-13-7-6-8-14-27)31-23-28(15-9-11-20-42)30(16-10-12-21-43)36-32-24-29(44)17-18-34(32)49-39(35,37(31)36)47-22-5-2/h5-8,13-14,17-18,23-24,28,30,35-37,42-44H,2,4,9-12,15-16,19-22,25-26H2,1,3H3. The zero-order valence-corrected chi connectivity index (χ0v) is 28.8. The molecule has 0 aromatic heterocycles. The average molecular weight is 677 g/mol. The molecular weight excluding hydrogens is 624 g/mol. The van der Waals surface area contributed by atoms with E-state index >= 15 is 0 Å². The van der Waals surface area contributed by atoms with Crippen LogP contribution >= 0.6 is 0 Å². The topological polar surface area (TPSA) is 130 Å². The van der Waals surface area contributed by atoms with Crippen molar-refractivity contribution in [3.05, 3.63) is 84.0 Å². The molecule has 1 amide bonds. The number of phenols is 1. The molecule has 6 atom stereocenters. The van der Waals surface area contributed by atoms with Crippen molar-refractivity contribution >= 4 is 11.8 Å². The molecule has 1 fully saturated rings. The Labute approximate surface area is 290 Å². The summed E-state index contributed by atoms with van der Waals surface area (Å²) >= 11 is 0. The summed E-state index contributed by atoms with van der Waals surface area (Å²) in [4.78, 5) is 21.3. The van der Waals surface area contributed by atoms with E-state index in [-0.39, 0.29) is 49.9 Å². The lowest BCUT2D eigenvalue weighted by Gasteiger charge is -2.59. The molecule has 266 valence electrons. The number of hydrogen-bond donors (Lipinski definition) is 3. The van der Waals surface area contributed by atoms with Crippen molar-refractivity contribution in [3.8, 4) is 11.5 Å². The molecule has 10 nitrogen and oxygen atoms in total. The summed E-state index contributed by atoms with van der Waals surface area (Å²) in [6.45, 7) is 7.04. The zero-order valence-electron chi connectivity index (χ0n) is 28.8. The summed E-state index contributed by atoms with van der Waals surface area (Å²) in [6, 6.07) is 14.4. The molecule has 2 aromatic rings. The van der Waals surface area contributed by atoms with Crippen LogP contribution in [0.15, 0.2) is 78.0 Å². The maximum Gasteiger partial charge on any atom is 0.409 e. The average Bonchev–Trinajstić information content (AvgIpc) is 3.12. The van der Waals surface area contributed by atoms with Crippen LogP contribution in [0.1, 0.15) is 75.3 Å². The number of unbranched alkanes of at least 4 members (excludes halogenated alkanes) is 2. The number of hydrogen-bond acceptors (Lipinski definition) is 9. The molecule has 1 saturated carbocycles. The summed E-state index contributed by atoms with van der Waals surface area (Å²) in [6.07, 6.45) is 9.16. The highest BCUT2D eigenvalue weighted by molar-refractivity contribution is 6.02. The summed E-state index contributed by atoms with van der Waals surface area (Å²) in [7, 11) is 1.38. The van der Waals surface area contributed by atoms with Crippen molar-refractivity contribution in [1.82, 2.24) is 4.90 Å². The van der Waals surface area contributed by atoms with E-state index in [0.717, 1.165) is 42.4 Å². The number of rotatable bonds is 17. The Kier molecular flexibility index (Phi) is 12.8. The number of aliphatic hydroxyl groups excluding tert-OH is 2. The fraction of sp³-hybridized carbons (Fsp3) is 0.538. The summed E-state index contributed by atoms with van der Waals surface area (Å²) in [5, 5.41) is 35.1. The predicted molar refractivity (Wildman–Crippen MR) is 187 cm³/mol. The number of ether oxygens (including phenoxy) is 3. The number of oxime groups is 1. The smallest absolute Gasteiger partial charge is 0.409 e. The van der Waals surface area contributed by atoms with Crippen molar-refractivity contribution in [2.75, 3.05) is 33.5 Å². The van der Waals surface area contributed by atoms with Crippen molar-refractivity contribution in [1.29, 1.82) is 0 Å². The number of benzene rings is 2. The monoisotopic (exact) mass is 676 g/mol. The van der Waals surface area contributed by atoms with E-state index in [0.29, 0.717) is 43.7 Å². The lowest BCUT2D eigenvalue weighted by Crippen LogP contribution is -2.70. The van der Waals surface area contributed by atoms with Gasteiger partial charge in [-0.2, -0.15) is 0 Å². The van der Waals surface area contributed by atoms with Gasteiger partial charge >= 0.3 is 6.09 Å². The molecule has 2 aliphatic carbocycles. The number of nitrogens with zero attached hydrogens (tertiary/aromatic N) is 2. The van der Waals surface area contributed by atoms with Gasteiger partial charge in [-0.05, 0) is 73.3 Å². The molecule has 0 saturated heterocycles. The van der Waals surface area contributed by atoms with Gasteiger partial charge in [0.15, 0.2) is 0 Å². The Hall–Kier alpha value is -3.86. The first kappa shape index (κ1) is 36.4. The van der Waals surface area contributed by atoms with Crippen molar-refractivity contribution in [3.63, 3.8) is 0 Å². The van der Waals surface area contributed by atoms with E-state index in [1.165, 1.54) is 7.11 Å². The quantitative estimate of drug-likeness (QED) is 0.0959. The third-order valence-corrected chi connectivity index (χ3v) is 10.2. The first-order valence-corrected chi connectivity index (χ1v) is 17.7. The van der Waals surface area contributed by atoms with Gasteiger partial charge in [-0.25, -0.2) is 4.79 Å². The Morgan fingerprint density at radius 1 is 1.10 bits per heavy atom. The minimum absolute atomic E-state index is 0.0816. The van der Waals surface area contributed by atoms with Gasteiger partial charge < -0.3 is 34.4 Å². The van der Waals surface area contributed by atoms with Gasteiger partial charge in [-0.3, -0.25) is 4.90 Å². The fourth-order valence-electron chi connectivity index (χ4n) is 8.15. The van der Waals surface area contributed by atoms with Crippen molar-refractivity contribution in [2.45, 2.75) is 82.6 Å². The van der Waals surface area contributed by atoms with E-state index in [2.05, 4.69) is 12.7 Å². The zero-order chi connectivity index (χ0) is 34.8. The molecule has 2 aromatic carbocycles. The number of carbonyl (C=O) groups excluding carboxylic acids is 1. The third-order valence-electron chi connectivity index (χ3n) is 10.2. The van der Waals surface area contributed by atoms with Gasteiger partial charge in [-0.15, -0.1) is 6.58 Å². The van der Waals surface area contributed by atoms with Gasteiger partial charge in [0.2, 0.25) is 5.79 Å². The summed E-state index contributed by atoms with van der Waals surface area (Å²) in [5.74, 6) is -1.05.